The van der Waals surface area contributed by atoms with Crippen molar-refractivity contribution in [1.29, 1.82) is 0 Å². The Kier molecular flexibility index (Phi) is 4.79. The van der Waals surface area contributed by atoms with Gasteiger partial charge in [-0.1, -0.05) is 0 Å². The zero-order valence-corrected chi connectivity index (χ0v) is 9.65. The van der Waals surface area contributed by atoms with Crippen molar-refractivity contribution in [1.82, 2.24) is 0 Å². The normalized spacial score (nSPS) is 20.8. The van der Waals surface area contributed by atoms with Crippen molar-refractivity contribution in [2.75, 3.05) is 13.2 Å². The van der Waals surface area contributed by atoms with Gasteiger partial charge >= 0.3 is 6.16 Å². The zero-order chi connectivity index (χ0) is 9.68. The first-order chi connectivity index (χ1) is 6.18. The van der Waals surface area contributed by atoms with Crippen LogP contribution in [0.15, 0.2) is 0 Å². The summed E-state index contributed by atoms with van der Waals surface area (Å²) in [4.78, 5) is 11.0. The molecule has 1 heterocycles. The van der Waals surface area contributed by atoms with Gasteiger partial charge in [0.15, 0.2) is 4.11 Å². The Bertz CT molecular complexity index is 166. The molecule has 0 saturated carbocycles. The highest BCUT2D eigenvalue weighted by Gasteiger charge is 2.19. The molecule has 0 aromatic heterocycles. The lowest BCUT2D eigenvalue weighted by molar-refractivity contribution is -0.0278. The van der Waals surface area contributed by atoms with Gasteiger partial charge in [-0.25, -0.2) is 4.79 Å². The van der Waals surface area contributed by atoms with Gasteiger partial charge < -0.3 is 14.2 Å². The molecule has 0 radical (unpaired) electrons. The van der Waals surface area contributed by atoms with E-state index in [4.69, 9.17) is 14.2 Å². The molecule has 13 heavy (non-hydrogen) atoms. The molecule has 0 aromatic rings. The molecule has 1 fully saturated rings. The van der Waals surface area contributed by atoms with Crippen molar-refractivity contribution in [3.05, 3.63) is 0 Å². The third-order valence-corrected chi connectivity index (χ3v) is 1.94. The molecule has 4 nitrogen and oxygen atoms in total. The number of ether oxygens (including phenoxy) is 3. The second-order valence-corrected chi connectivity index (χ2v) is 4.59. The zero-order valence-electron chi connectivity index (χ0n) is 7.49. The number of hydrogen-bond donors (Lipinski definition) is 0. The molecule has 5 heteroatoms. The summed E-state index contributed by atoms with van der Waals surface area (Å²) in [6.07, 6.45) is 0.931. The van der Waals surface area contributed by atoms with Crippen LogP contribution in [0.4, 0.5) is 4.79 Å². The molecular weight excluding hydrogens is 287 g/mol. The van der Waals surface area contributed by atoms with Crippen LogP contribution >= 0.6 is 22.6 Å². The second-order valence-electron chi connectivity index (χ2n) is 2.84. The number of carbonyl (C=O) groups is 1. The Morgan fingerprint density at radius 2 is 2.15 bits per heavy atom. The van der Waals surface area contributed by atoms with Crippen molar-refractivity contribution >= 4 is 28.7 Å². The molecule has 1 saturated heterocycles. The van der Waals surface area contributed by atoms with E-state index in [1.54, 1.807) is 6.92 Å². The van der Waals surface area contributed by atoms with E-state index in [-0.39, 0.29) is 10.2 Å². The Morgan fingerprint density at radius 1 is 1.54 bits per heavy atom. The predicted octanol–water partition coefficient (Wildman–Crippen LogP) is 2.10. The highest BCUT2D eigenvalue weighted by Crippen LogP contribution is 2.12. The molecule has 1 aliphatic heterocycles. The van der Waals surface area contributed by atoms with E-state index in [1.807, 2.05) is 22.6 Å². The van der Waals surface area contributed by atoms with Gasteiger partial charge in [0.1, 0.15) is 6.10 Å². The van der Waals surface area contributed by atoms with E-state index in [0.717, 1.165) is 12.8 Å². The molecule has 1 rings (SSSR count). The maximum atomic E-state index is 11.0. The van der Waals surface area contributed by atoms with Gasteiger partial charge in [-0.3, -0.25) is 0 Å². The van der Waals surface area contributed by atoms with Crippen LogP contribution in [-0.2, 0) is 14.2 Å². The van der Waals surface area contributed by atoms with Crippen LogP contribution in [0.1, 0.15) is 19.8 Å². The average Bonchev–Trinajstić information content (AvgIpc) is 2.04. The van der Waals surface area contributed by atoms with Gasteiger partial charge in [0, 0.05) is 12.8 Å². The summed E-state index contributed by atoms with van der Waals surface area (Å²) in [6, 6.07) is 0. The average molecular weight is 300 g/mol. The molecule has 0 aromatic carbocycles. The first-order valence-corrected chi connectivity index (χ1v) is 5.52. The third-order valence-electron chi connectivity index (χ3n) is 1.69. The fourth-order valence-corrected chi connectivity index (χ4v) is 1.30. The molecule has 0 bridgehead atoms. The summed E-state index contributed by atoms with van der Waals surface area (Å²) in [5.74, 6) is 0. The Labute approximate surface area is 91.1 Å². The summed E-state index contributed by atoms with van der Waals surface area (Å²) in [6.45, 7) is 3.11. The highest BCUT2D eigenvalue weighted by atomic mass is 127. The second kappa shape index (κ2) is 5.64. The van der Waals surface area contributed by atoms with Gasteiger partial charge in [0.05, 0.1) is 13.2 Å². The van der Waals surface area contributed by atoms with Crippen molar-refractivity contribution in [3.63, 3.8) is 0 Å². The monoisotopic (exact) mass is 300 g/mol. The molecule has 0 spiro atoms. The van der Waals surface area contributed by atoms with Gasteiger partial charge in [-0.15, -0.1) is 0 Å². The minimum absolute atomic E-state index is 0.0311. The van der Waals surface area contributed by atoms with Crippen molar-refractivity contribution < 1.29 is 19.0 Å². The third kappa shape index (κ3) is 4.66. The van der Waals surface area contributed by atoms with Crippen LogP contribution in [0.5, 0.6) is 0 Å². The maximum Gasteiger partial charge on any atom is 0.509 e. The smallest absolute Gasteiger partial charge is 0.431 e. The van der Waals surface area contributed by atoms with Crippen LogP contribution in [0.3, 0.4) is 0 Å². The van der Waals surface area contributed by atoms with Gasteiger partial charge in [-0.05, 0) is 29.5 Å². The summed E-state index contributed by atoms with van der Waals surface area (Å²) in [5.41, 5.74) is 0. The quantitative estimate of drug-likeness (QED) is 0.445. The van der Waals surface area contributed by atoms with E-state index < -0.39 is 6.16 Å². The molecule has 1 aliphatic rings. The molecule has 1 unspecified atom stereocenters. The minimum atomic E-state index is -0.575. The highest BCUT2D eigenvalue weighted by molar-refractivity contribution is 14.1. The summed E-state index contributed by atoms with van der Waals surface area (Å²) in [5, 5.41) is 0. The van der Waals surface area contributed by atoms with Crippen LogP contribution in [0.25, 0.3) is 0 Å². The standard InChI is InChI=1S/C8H13IO4/c1-6(9)12-8(10)13-7-2-4-11-5-3-7/h6-7H,2-5H2,1H3. The largest absolute Gasteiger partial charge is 0.509 e. The number of hydrogen-bond acceptors (Lipinski definition) is 4. The molecular formula is C8H13IO4. The van der Waals surface area contributed by atoms with Gasteiger partial charge in [-0.2, -0.15) is 0 Å². The fourth-order valence-electron chi connectivity index (χ4n) is 1.09. The number of alkyl halides is 1. The lowest BCUT2D eigenvalue weighted by Crippen LogP contribution is -2.27. The number of rotatable bonds is 2. The van der Waals surface area contributed by atoms with E-state index >= 15 is 0 Å². The van der Waals surface area contributed by atoms with E-state index in [9.17, 15) is 4.79 Å². The Morgan fingerprint density at radius 3 is 2.69 bits per heavy atom. The number of carbonyl (C=O) groups excluding carboxylic acids is 1. The van der Waals surface area contributed by atoms with Gasteiger partial charge in [0.25, 0.3) is 0 Å². The molecule has 0 amide bonds. The summed E-state index contributed by atoms with van der Waals surface area (Å²) < 4.78 is 14.9. The van der Waals surface area contributed by atoms with Crippen LogP contribution < -0.4 is 0 Å². The van der Waals surface area contributed by atoms with Crippen LogP contribution in [0, 0.1) is 0 Å². The Hall–Kier alpha value is -0.0400. The molecule has 76 valence electrons. The van der Waals surface area contributed by atoms with Crippen LogP contribution in [-0.4, -0.2) is 29.6 Å². The SMILES string of the molecule is CC(I)OC(=O)OC1CCOCC1. The Balaban J connectivity index is 2.18. The maximum absolute atomic E-state index is 11.0. The topological polar surface area (TPSA) is 44.8 Å². The van der Waals surface area contributed by atoms with Gasteiger partial charge in [0.2, 0.25) is 0 Å². The predicted molar refractivity (Wildman–Crippen MR) is 54.9 cm³/mol. The fraction of sp³-hybridized carbons (Fsp3) is 0.875. The lowest BCUT2D eigenvalue weighted by Gasteiger charge is -2.21. The first-order valence-electron chi connectivity index (χ1n) is 4.27. The minimum Gasteiger partial charge on any atom is -0.431 e. The van der Waals surface area contributed by atoms with E-state index in [2.05, 4.69) is 0 Å². The van der Waals surface area contributed by atoms with Crippen LogP contribution in [0.2, 0.25) is 0 Å². The van der Waals surface area contributed by atoms with Crippen molar-refractivity contribution in [2.24, 2.45) is 0 Å². The van der Waals surface area contributed by atoms with E-state index in [1.165, 1.54) is 0 Å². The molecule has 0 aliphatic carbocycles. The molecule has 1 atom stereocenters. The number of halogens is 1. The van der Waals surface area contributed by atoms with Crippen molar-refractivity contribution in [3.8, 4) is 0 Å². The van der Waals surface area contributed by atoms with Crippen molar-refractivity contribution in [2.45, 2.75) is 30.0 Å². The molecule has 0 N–H and O–H groups in total. The first kappa shape index (κ1) is 11.0. The summed E-state index contributed by atoms with van der Waals surface area (Å²) in [7, 11) is 0. The van der Waals surface area contributed by atoms with E-state index in [0.29, 0.717) is 13.2 Å². The lowest BCUT2D eigenvalue weighted by atomic mass is 10.2. The summed E-state index contributed by atoms with van der Waals surface area (Å²) >= 11 is 2.00.